The van der Waals surface area contributed by atoms with Crippen molar-refractivity contribution in [1.82, 2.24) is 9.97 Å². The molecule has 0 atom stereocenters. The largest absolute Gasteiger partial charge is 0.373 e. The molecule has 0 spiro atoms. The minimum atomic E-state index is -2.89. The molecule has 0 fully saturated rings. The average Bonchev–Trinajstić information content (AvgIpc) is 2.34. The van der Waals surface area contributed by atoms with Crippen LogP contribution in [0, 0.1) is 0 Å². The van der Waals surface area contributed by atoms with E-state index in [1.165, 1.54) is 6.26 Å². The van der Waals surface area contributed by atoms with E-state index >= 15 is 0 Å². The maximum Gasteiger partial charge on any atom is 0.147 e. The number of hydrogen-bond donors (Lipinski definition) is 2. The fourth-order valence-electron chi connectivity index (χ4n) is 1.60. The van der Waals surface area contributed by atoms with E-state index in [0.717, 1.165) is 30.3 Å². The second-order valence-corrected chi connectivity index (χ2v) is 6.72. The summed E-state index contributed by atoms with van der Waals surface area (Å²) in [5.41, 5.74) is 0. The first kappa shape index (κ1) is 15.7. The summed E-state index contributed by atoms with van der Waals surface area (Å²) in [6, 6.07) is 1.82. The minimum Gasteiger partial charge on any atom is -0.373 e. The third-order valence-corrected chi connectivity index (χ3v) is 3.53. The highest BCUT2D eigenvalue weighted by atomic mass is 32.2. The van der Waals surface area contributed by atoms with Gasteiger partial charge in [-0.25, -0.2) is 18.4 Å². The van der Waals surface area contributed by atoms with E-state index in [1.807, 2.05) is 13.1 Å². The maximum absolute atomic E-state index is 11.0. The monoisotopic (exact) mass is 286 g/mol. The van der Waals surface area contributed by atoms with E-state index < -0.39 is 9.84 Å². The smallest absolute Gasteiger partial charge is 0.147 e. The van der Waals surface area contributed by atoms with Crippen LogP contribution in [-0.4, -0.2) is 44.0 Å². The molecule has 0 aliphatic heterocycles. The van der Waals surface area contributed by atoms with Gasteiger partial charge in [-0.05, 0) is 12.8 Å². The molecule has 6 nitrogen and oxygen atoms in total. The molecular formula is C12H22N4O2S. The molecule has 0 saturated heterocycles. The molecule has 0 aliphatic carbocycles. The minimum absolute atomic E-state index is 0.186. The topological polar surface area (TPSA) is 84.0 Å². The molecule has 1 rings (SSSR count). The van der Waals surface area contributed by atoms with Crippen molar-refractivity contribution in [3.8, 4) is 0 Å². The zero-order chi connectivity index (χ0) is 14.3. The van der Waals surface area contributed by atoms with Crippen LogP contribution in [0.4, 0.5) is 11.6 Å². The number of sulfone groups is 1. The van der Waals surface area contributed by atoms with E-state index in [4.69, 9.17) is 0 Å². The predicted octanol–water partition coefficient (Wildman–Crippen LogP) is 1.32. The molecule has 7 heteroatoms. The van der Waals surface area contributed by atoms with Gasteiger partial charge in [-0.3, -0.25) is 0 Å². The van der Waals surface area contributed by atoms with Crippen LogP contribution in [0.3, 0.4) is 0 Å². The van der Waals surface area contributed by atoms with Gasteiger partial charge in [0.05, 0.1) is 5.75 Å². The lowest BCUT2D eigenvalue weighted by Gasteiger charge is -2.09. The third-order valence-electron chi connectivity index (χ3n) is 2.50. The lowest BCUT2D eigenvalue weighted by Crippen LogP contribution is -2.11. The fraction of sp³-hybridized carbons (Fsp3) is 0.667. The van der Waals surface area contributed by atoms with Gasteiger partial charge in [0.25, 0.3) is 0 Å². The first-order valence-corrected chi connectivity index (χ1v) is 8.48. The molecule has 0 saturated carbocycles. The molecule has 19 heavy (non-hydrogen) atoms. The normalized spacial score (nSPS) is 11.3. The predicted molar refractivity (Wildman–Crippen MR) is 78.4 cm³/mol. The van der Waals surface area contributed by atoms with Gasteiger partial charge in [-0.1, -0.05) is 6.92 Å². The van der Waals surface area contributed by atoms with Gasteiger partial charge in [0.15, 0.2) is 0 Å². The number of rotatable bonds is 8. The Morgan fingerprint density at radius 2 is 1.95 bits per heavy atom. The number of aryl methyl sites for hydroxylation is 1. The standard InChI is InChI=1S/C12H22N4O2S/c1-4-6-10-15-11(13-2)9-12(16-10)14-7-5-8-19(3,17)18/h9H,4-8H2,1-3H3,(H2,13,14,15,16). The van der Waals surface area contributed by atoms with Crippen molar-refractivity contribution in [2.24, 2.45) is 0 Å². The van der Waals surface area contributed by atoms with Gasteiger partial charge in [0.2, 0.25) is 0 Å². The van der Waals surface area contributed by atoms with Crippen molar-refractivity contribution in [1.29, 1.82) is 0 Å². The van der Waals surface area contributed by atoms with Crippen molar-refractivity contribution in [3.05, 3.63) is 11.9 Å². The van der Waals surface area contributed by atoms with Gasteiger partial charge < -0.3 is 10.6 Å². The summed E-state index contributed by atoms with van der Waals surface area (Å²) in [6.45, 7) is 2.66. The summed E-state index contributed by atoms with van der Waals surface area (Å²) in [4.78, 5) is 8.74. The molecule has 1 aromatic heterocycles. The van der Waals surface area contributed by atoms with Crippen LogP contribution < -0.4 is 10.6 Å². The number of nitrogens with one attached hydrogen (secondary N) is 2. The van der Waals surface area contributed by atoms with Gasteiger partial charge in [0, 0.05) is 32.3 Å². The highest BCUT2D eigenvalue weighted by Crippen LogP contribution is 2.12. The van der Waals surface area contributed by atoms with Crippen LogP contribution >= 0.6 is 0 Å². The highest BCUT2D eigenvalue weighted by Gasteiger charge is 2.04. The molecule has 0 radical (unpaired) electrons. The molecule has 0 amide bonds. The second-order valence-electron chi connectivity index (χ2n) is 4.46. The van der Waals surface area contributed by atoms with Crippen LogP contribution in [0.1, 0.15) is 25.6 Å². The van der Waals surface area contributed by atoms with Crippen molar-refractivity contribution in [2.75, 3.05) is 36.2 Å². The van der Waals surface area contributed by atoms with Crippen molar-refractivity contribution in [3.63, 3.8) is 0 Å². The quantitative estimate of drug-likeness (QED) is 0.701. The Balaban J connectivity index is 2.59. The summed E-state index contributed by atoms with van der Waals surface area (Å²) in [5, 5.41) is 6.13. The first-order valence-electron chi connectivity index (χ1n) is 6.42. The Bertz CT molecular complexity index is 502. The molecule has 0 aromatic carbocycles. The SMILES string of the molecule is CCCc1nc(NC)cc(NCCCS(C)(=O)=O)n1. The Morgan fingerprint density at radius 1 is 1.26 bits per heavy atom. The van der Waals surface area contributed by atoms with Crippen LogP contribution in [0.15, 0.2) is 6.07 Å². The summed E-state index contributed by atoms with van der Waals surface area (Å²) < 4.78 is 22.0. The van der Waals surface area contributed by atoms with Crippen LogP contribution in [-0.2, 0) is 16.3 Å². The Labute approximate surface area is 115 Å². The average molecular weight is 286 g/mol. The number of hydrogen-bond acceptors (Lipinski definition) is 6. The van der Waals surface area contributed by atoms with E-state index in [1.54, 1.807) is 0 Å². The molecule has 2 N–H and O–H groups in total. The number of nitrogens with zero attached hydrogens (tertiary/aromatic N) is 2. The Morgan fingerprint density at radius 3 is 2.53 bits per heavy atom. The maximum atomic E-state index is 11.0. The van der Waals surface area contributed by atoms with Crippen molar-refractivity contribution in [2.45, 2.75) is 26.2 Å². The molecule has 0 aliphatic rings. The number of aromatic nitrogens is 2. The first-order chi connectivity index (χ1) is 8.94. The molecule has 1 heterocycles. The zero-order valence-electron chi connectivity index (χ0n) is 11.7. The summed E-state index contributed by atoms with van der Waals surface area (Å²) in [5.74, 6) is 2.48. The molecule has 0 bridgehead atoms. The third kappa shape index (κ3) is 6.37. The molecule has 108 valence electrons. The van der Waals surface area contributed by atoms with E-state index in [2.05, 4.69) is 27.5 Å². The Kier molecular flexibility index (Phi) is 6.01. The van der Waals surface area contributed by atoms with Crippen molar-refractivity contribution < 1.29 is 8.42 Å². The molecule has 0 unspecified atom stereocenters. The van der Waals surface area contributed by atoms with Gasteiger partial charge >= 0.3 is 0 Å². The summed E-state index contributed by atoms with van der Waals surface area (Å²) >= 11 is 0. The lowest BCUT2D eigenvalue weighted by molar-refractivity contribution is 0.600. The number of anilines is 2. The fourth-order valence-corrected chi connectivity index (χ4v) is 2.27. The highest BCUT2D eigenvalue weighted by molar-refractivity contribution is 7.90. The van der Waals surface area contributed by atoms with E-state index in [0.29, 0.717) is 13.0 Å². The van der Waals surface area contributed by atoms with Crippen LogP contribution in [0.25, 0.3) is 0 Å². The molecular weight excluding hydrogens is 264 g/mol. The summed E-state index contributed by atoms with van der Waals surface area (Å²) in [6.07, 6.45) is 3.63. The van der Waals surface area contributed by atoms with Crippen LogP contribution in [0.2, 0.25) is 0 Å². The second kappa shape index (κ2) is 7.28. The van der Waals surface area contributed by atoms with Gasteiger partial charge in [-0.15, -0.1) is 0 Å². The van der Waals surface area contributed by atoms with Gasteiger partial charge in [0.1, 0.15) is 27.3 Å². The van der Waals surface area contributed by atoms with E-state index in [9.17, 15) is 8.42 Å². The molecule has 1 aromatic rings. The summed E-state index contributed by atoms with van der Waals surface area (Å²) in [7, 11) is -1.08. The van der Waals surface area contributed by atoms with Crippen molar-refractivity contribution >= 4 is 21.5 Å². The van der Waals surface area contributed by atoms with Crippen LogP contribution in [0.5, 0.6) is 0 Å². The van der Waals surface area contributed by atoms with E-state index in [-0.39, 0.29) is 5.75 Å². The lowest BCUT2D eigenvalue weighted by atomic mass is 10.3. The van der Waals surface area contributed by atoms with Gasteiger partial charge in [-0.2, -0.15) is 0 Å². The zero-order valence-corrected chi connectivity index (χ0v) is 12.5. The Hall–Kier alpha value is -1.37.